The smallest absolute Gasteiger partial charge is 0.307 e. The molecule has 0 aliphatic heterocycles. The zero-order valence-corrected chi connectivity index (χ0v) is 10.9. The molecule has 0 heterocycles. The fraction of sp³-hybridized carbons (Fsp3) is 0.400. The van der Waals surface area contributed by atoms with Gasteiger partial charge in [-0.3, -0.25) is 14.6 Å². The topological polar surface area (TPSA) is 66.7 Å². The number of ketones is 1. The van der Waals surface area contributed by atoms with E-state index in [4.69, 9.17) is 5.11 Å². The molecule has 1 aromatic rings. The van der Waals surface area contributed by atoms with Gasteiger partial charge in [-0.25, -0.2) is 0 Å². The second kappa shape index (κ2) is 5.78. The zero-order valence-electron chi connectivity index (χ0n) is 10.9. The third-order valence-electron chi connectivity index (χ3n) is 3.40. The summed E-state index contributed by atoms with van der Waals surface area (Å²) >= 11 is 0. The minimum Gasteiger partial charge on any atom is -0.481 e. The monoisotopic (exact) mass is 259 g/mol. The average molecular weight is 259 g/mol. The van der Waals surface area contributed by atoms with Crippen LogP contribution in [0, 0.1) is 5.92 Å². The van der Waals surface area contributed by atoms with Gasteiger partial charge >= 0.3 is 5.97 Å². The van der Waals surface area contributed by atoms with Crippen LogP contribution in [0.3, 0.4) is 0 Å². The molecule has 0 spiro atoms. The molecule has 4 heteroatoms. The van der Waals surface area contributed by atoms with Gasteiger partial charge in [-0.15, -0.1) is 0 Å². The Morgan fingerprint density at radius 1 is 1.32 bits per heavy atom. The minimum absolute atomic E-state index is 0.0196. The first kappa shape index (κ1) is 13.5. The van der Waals surface area contributed by atoms with Crippen molar-refractivity contribution in [2.75, 3.05) is 0 Å². The van der Waals surface area contributed by atoms with Crippen LogP contribution in [0.1, 0.15) is 31.7 Å². The van der Waals surface area contributed by atoms with Crippen molar-refractivity contribution < 1.29 is 14.7 Å². The summed E-state index contributed by atoms with van der Waals surface area (Å²) in [5, 5.41) is 8.70. The van der Waals surface area contributed by atoms with E-state index in [1.807, 2.05) is 6.92 Å². The summed E-state index contributed by atoms with van der Waals surface area (Å²) in [4.78, 5) is 26.7. The molecule has 1 aliphatic carbocycles. The van der Waals surface area contributed by atoms with Crippen LogP contribution in [0.2, 0.25) is 0 Å². The van der Waals surface area contributed by atoms with Crippen LogP contribution in [0.15, 0.2) is 29.3 Å². The van der Waals surface area contributed by atoms with Crippen molar-refractivity contribution in [3.8, 4) is 0 Å². The molecule has 1 saturated carbocycles. The summed E-state index contributed by atoms with van der Waals surface area (Å²) in [5.74, 6) is -0.675. The first-order valence-corrected chi connectivity index (χ1v) is 6.47. The Labute approximate surface area is 112 Å². The van der Waals surface area contributed by atoms with Gasteiger partial charge < -0.3 is 5.11 Å². The molecule has 2 rings (SSSR count). The van der Waals surface area contributed by atoms with Gasteiger partial charge in [0.05, 0.1) is 18.0 Å². The summed E-state index contributed by atoms with van der Waals surface area (Å²) < 4.78 is 0. The molecular formula is C15H17NO3. The molecule has 1 fully saturated rings. The van der Waals surface area contributed by atoms with E-state index >= 15 is 0 Å². The molecule has 0 bridgehead atoms. The lowest BCUT2D eigenvalue weighted by Crippen LogP contribution is -2.25. The Morgan fingerprint density at radius 3 is 2.63 bits per heavy atom. The minimum atomic E-state index is -0.842. The first-order valence-electron chi connectivity index (χ1n) is 6.47. The van der Waals surface area contributed by atoms with Gasteiger partial charge in [0.2, 0.25) is 0 Å². The lowest BCUT2D eigenvalue weighted by atomic mass is 9.87. The molecule has 19 heavy (non-hydrogen) atoms. The lowest BCUT2D eigenvalue weighted by molar-refractivity contribution is -0.136. The predicted molar refractivity (Wildman–Crippen MR) is 72.9 cm³/mol. The van der Waals surface area contributed by atoms with E-state index in [-0.39, 0.29) is 18.1 Å². The number of rotatable bonds is 3. The van der Waals surface area contributed by atoms with Gasteiger partial charge in [0.15, 0.2) is 0 Å². The van der Waals surface area contributed by atoms with Crippen LogP contribution in [0.25, 0.3) is 0 Å². The van der Waals surface area contributed by atoms with Crippen LogP contribution < -0.4 is 0 Å². The van der Waals surface area contributed by atoms with E-state index in [9.17, 15) is 9.59 Å². The normalized spacial score (nSPS) is 21.6. The van der Waals surface area contributed by atoms with Crippen molar-refractivity contribution in [1.82, 2.24) is 0 Å². The highest BCUT2D eigenvalue weighted by Gasteiger charge is 2.23. The van der Waals surface area contributed by atoms with Crippen LogP contribution in [-0.2, 0) is 16.0 Å². The molecule has 1 aliphatic rings. The number of carbonyl (C=O) groups excluding carboxylic acids is 1. The molecular weight excluding hydrogens is 242 g/mol. The largest absolute Gasteiger partial charge is 0.481 e. The lowest BCUT2D eigenvalue weighted by Gasteiger charge is -2.19. The summed E-state index contributed by atoms with van der Waals surface area (Å²) in [6.07, 6.45) is 2.41. The van der Waals surface area contributed by atoms with E-state index in [0.29, 0.717) is 6.42 Å². The number of aliphatic carboxylic acids is 1. The highest BCUT2D eigenvalue weighted by atomic mass is 16.4. The van der Waals surface area contributed by atoms with Gasteiger partial charge in [0, 0.05) is 12.1 Å². The van der Waals surface area contributed by atoms with Gasteiger partial charge in [-0.2, -0.15) is 0 Å². The summed E-state index contributed by atoms with van der Waals surface area (Å²) in [6, 6.07) is 7.14. The first-order chi connectivity index (χ1) is 9.06. The third-order valence-corrected chi connectivity index (χ3v) is 3.40. The van der Waals surface area contributed by atoms with Crippen molar-refractivity contribution in [2.45, 2.75) is 32.6 Å². The van der Waals surface area contributed by atoms with E-state index in [2.05, 4.69) is 4.99 Å². The van der Waals surface area contributed by atoms with Crippen LogP contribution >= 0.6 is 0 Å². The number of hydrogen-bond acceptors (Lipinski definition) is 3. The van der Waals surface area contributed by atoms with Crippen molar-refractivity contribution in [3.05, 3.63) is 29.8 Å². The van der Waals surface area contributed by atoms with E-state index in [1.165, 1.54) is 0 Å². The number of Topliss-reactive ketones (excluding diaryl/α,β-unsaturated/α-hetero) is 1. The number of aliphatic imine (C=N–C) groups is 1. The predicted octanol–water partition coefficient (Wildman–Crippen LogP) is 2.78. The highest BCUT2D eigenvalue weighted by Crippen LogP contribution is 2.22. The van der Waals surface area contributed by atoms with Crippen LogP contribution in [-0.4, -0.2) is 22.6 Å². The van der Waals surface area contributed by atoms with Crippen molar-refractivity contribution >= 4 is 23.2 Å². The summed E-state index contributed by atoms with van der Waals surface area (Å²) in [7, 11) is 0. The van der Waals surface area contributed by atoms with E-state index in [0.717, 1.165) is 29.8 Å². The van der Waals surface area contributed by atoms with Gasteiger partial charge in [-0.05, 0) is 30.5 Å². The SMILES string of the molecule is CC1C(=O)CCCC1=Nc1ccc(CC(=O)O)cc1. The Hall–Kier alpha value is -1.97. The van der Waals surface area contributed by atoms with Crippen LogP contribution in [0.4, 0.5) is 5.69 Å². The fourth-order valence-corrected chi connectivity index (χ4v) is 2.24. The maximum atomic E-state index is 11.6. The number of carbonyl (C=O) groups is 2. The number of carboxylic acid groups (broad SMARTS) is 1. The second-order valence-corrected chi connectivity index (χ2v) is 4.88. The van der Waals surface area contributed by atoms with Crippen molar-refractivity contribution in [3.63, 3.8) is 0 Å². The number of carboxylic acids is 1. The zero-order chi connectivity index (χ0) is 13.8. The highest BCUT2D eigenvalue weighted by molar-refractivity contribution is 6.07. The Bertz CT molecular complexity index is 517. The standard InChI is InChI=1S/C15H17NO3/c1-10-13(3-2-4-14(10)17)16-12-7-5-11(6-8-12)9-15(18)19/h5-8,10H,2-4,9H2,1H3,(H,18,19). The molecule has 0 radical (unpaired) electrons. The fourth-order valence-electron chi connectivity index (χ4n) is 2.24. The van der Waals surface area contributed by atoms with Crippen molar-refractivity contribution in [1.29, 1.82) is 0 Å². The molecule has 1 N–H and O–H groups in total. The van der Waals surface area contributed by atoms with Gasteiger partial charge in [0.25, 0.3) is 0 Å². The molecule has 0 saturated heterocycles. The molecule has 1 unspecified atom stereocenters. The average Bonchev–Trinajstić information content (AvgIpc) is 2.37. The number of nitrogens with zero attached hydrogens (tertiary/aromatic N) is 1. The van der Waals surface area contributed by atoms with E-state index in [1.54, 1.807) is 24.3 Å². The Kier molecular flexibility index (Phi) is 4.10. The molecule has 0 aromatic heterocycles. The van der Waals surface area contributed by atoms with Gasteiger partial charge in [-0.1, -0.05) is 19.1 Å². The molecule has 1 aromatic carbocycles. The molecule has 1 atom stereocenters. The maximum Gasteiger partial charge on any atom is 0.307 e. The summed E-state index contributed by atoms with van der Waals surface area (Å²) in [5.41, 5.74) is 2.47. The molecule has 100 valence electrons. The molecule has 0 amide bonds. The maximum absolute atomic E-state index is 11.6. The van der Waals surface area contributed by atoms with Gasteiger partial charge in [0.1, 0.15) is 5.78 Å². The van der Waals surface area contributed by atoms with Crippen LogP contribution in [0.5, 0.6) is 0 Å². The van der Waals surface area contributed by atoms with E-state index < -0.39 is 5.97 Å². The molecule has 4 nitrogen and oxygen atoms in total. The Morgan fingerprint density at radius 2 is 2.00 bits per heavy atom. The van der Waals surface area contributed by atoms with Crippen molar-refractivity contribution in [2.24, 2.45) is 10.9 Å². The quantitative estimate of drug-likeness (QED) is 0.907. The number of hydrogen-bond donors (Lipinski definition) is 1. The number of benzene rings is 1. The second-order valence-electron chi connectivity index (χ2n) is 4.88. The third kappa shape index (κ3) is 3.50. The summed E-state index contributed by atoms with van der Waals surface area (Å²) in [6.45, 7) is 1.90. The Balaban J connectivity index is 2.14.